The van der Waals surface area contributed by atoms with Crippen molar-refractivity contribution in [2.45, 2.75) is 0 Å². The smallest absolute Gasteiger partial charge is 0.137 e. The quantitative estimate of drug-likeness (QED) is 0.161. The van der Waals surface area contributed by atoms with Gasteiger partial charge >= 0.3 is 0 Å². The Bertz CT molecular complexity index is 3570. The number of hydrogen-bond acceptors (Lipinski definition) is 2. The van der Waals surface area contributed by atoms with Gasteiger partial charge in [0.2, 0.25) is 0 Å². The number of benzene rings is 10. The summed E-state index contributed by atoms with van der Waals surface area (Å²) in [6.07, 6.45) is 0. The largest absolute Gasteiger partial charge is 0.456 e. The molecule has 286 valence electrons. The minimum absolute atomic E-state index is 0.844. The highest BCUT2D eigenvalue weighted by Gasteiger charge is 2.24. The van der Waals surface area contributed by atoms with Crippen LogP contribution in [0.3, 0.4) is 0 Å². The molecule has 0 unspecified atom stereocenters. The monoisotopic (exact) mass is 778 g/mol. The molecule has 2 heterocycles. The zero-order chi connectivity index (χ0) is 40.3. The van der Waals surface area contributed by atoms with Gasteiger partial charge in [-0.15, -0.1) is 0 Å². The number of aromatic nitrogens is 1. The van der Waals surface area contributed by atoms with E-state index < -0.39 is 0 Å². The number of rotatable bonds is 7. The Morgan fingerprint density at radius 1 is 0.344 bits per heavy atom. The molecule has 0 aliphatic carbocycles. The minimum Gasteiger partial charge on any atom is -0.456 e. The van der Waals surface area contributed by atoms with Crippen molar-refractivity contribution in [1.29, 1.82) is 0 Å². The van der Waals surface area contributed by atoms with Crippen molar-refractivity contribution < 1.29 is 4.42 Å². The molecule has 12 aromatic rings. The van der Waals surface area contributed by atoms with E-state index in [1.165, 1.54) is 43.9 Å². The summed E-state index contributed by atoms with van der Waals surface area (Å²) in [5, 5.41) is 6.96. The SMILES string of the molecule is c1ccc(-c2ccc(N(c3cccc(-c4ccccc4)c3)c3cccc4oc5cc(-c6cccc7c8ccccc8n(-c8ccccc8)c67)c6ccccc6c5c34)cc2)cc1. The van der Waals surface area contributed by atoms with Crippen LogP contribution in [0, 0.1) is 0 Å². The number of hydrogen-bond donors (Lipinski definition) is 0. The first-order chi connectivity index (χ1) is 30.3. The first-order valence-electron chi connectivity index (χ1n) is 20.8. The van der Waals surface area contributed by atoms with E-state index in [9.17, 15) is 0 Å². The van der Waals surface area contributed by atoms with Gasteiger partial charge in [-0.1, -0.05) is 170 Å². The van der Waals surface area contributed by atoms with Crippen molar-refractivity contribution in [2.24, 2.45) is 0 Å². The van der Waals surface area contributed by atoms with E-state index in [1.807, 2.05) is 0 Å². The molecular formula is C58H38N2O. The second-order valence-electron chi connectivity index (χ2n) is 15.6. The summed E-state index contributed by atoms with van der Waals surface area (Å²) >= 11 is 0. The lowest BCUT2D eigenvalue weighted by atomic mass is 9.93. The normalized spacial score (nSPS) is 11.6. The fourth-order valence-electron chi connectivity index (χ4n) is 9.47. The predicted molar refractivity (Wildman–Crippen MR) is 257 cm³/mol. The number of fused-ring (bicyclic) bond motifs is 8. The number of furan rings is 1. The van der Waals surface area contributed by atoms with Crippen LogP contribution >= 0.6 is 0 Å². The van der Waals surface area contributed by atoms with Crippen LogP contribution in [0.1, 0.15) is 0 Å². The maximum Gasteiger partial charge on any atom is 0.137 e. The Kier molecular flexibility index (Phi) is 8.17. The average molecular weight is 779 g/mol. The molecule has 10 aromatic carbocycles. The Morgan fingerprint density at radius 3 is 1.70 bits per heavy atom. The van der Waals surface area contributed by atoms with Crippen LogP contribution in [0.2, 0.25) is 0 Å². The summed E-state index contributed by atoms with van der Waals surface area (Å²) in [6.45, 7) is 0. The third-order valence-corrected chi connectivity index (χ3v) is 12.2. The molecule has 12 rings (SSSR count). The molecular weight excluding hydrogens is 741 g/mol. The molecule has 61 heavy (non-hydrogen) atoms. The molecule has 3 nitrogen and oxygen atoms in total. The fraction of sp³-hybridized carbons (Fsp3) is 0. The van der Waals surface area contributed by atoms with Crippen molar-refractivity contribution >= 4 is 71.6 Å². The van der Waals surface area contributed by atoms with Gasteiger partial charge in [0.15, 0.2) is 0 Å². The molecule has 0 radical (unpaired) electrons. The lowest BCUT2D eigenvalue weighted by Crippen LogP contribution is -2.10. The van der Waals surface area contributed by atoms with Gasteiger partial charge in [0.25, 0.3) is 0 Å². The maximum atomic E-state index is 7.01. The van der Waals surface area contributed by atoms with Crippen LogP contribution in [0.5, 0.6) is 0 Å². The number of para-hydroxylation sites is 3. The Hall–Kier alpha value is -8.14. The molecule has 0 saturated heterocycles. The van der Waals surface area contributed by atoms with Gasteiger partial charge in [0.05, 0.1) is 22.1 Å². The third-order valence-electron chi connectivity index (χ3n) is 12.2. The standard InChI is InChI=1S/C58H38N2O/c1-4-17-39(18-5-1)41-33-35-44(36-34-41)59(45-24-14-21-42(37-45)40-19-6-2-7-20-40)53-31-16-32-54-57(53)56-48-27-11-10-25-46(48)51(38-55(56)61-54)50-29-15-28-49-47-26-12-13-30-52(47)60(58(49)50)43-22-8-3-9-23-43/h1-38H. The third kappa shape index (κ3) is 5.74. The fourth-order valence-corrected chi connectivity index (χ4v) is 9.47. The summed E-state index contributed by atoms with van der Waals surface area (Å²) in [4.78, 5) is 2.39. The molecule has 0 aliphatic rings. The maximum absolute atomic E-state index is 7.01. The molecule has 2 aromatic heterocycles. The second kappa shape index (κ2) is 14.3. The molecule has 0 saturated carbocycles. The lowest BCUT2D eigenvalue weighted by molar-refractivity contribution is 0.669. The summed E-state index contributed by atoms with van der Waals surface area (Å²) in [5.74, 6) is 0. The van der Waals surface area contributed by atoms with E-state index in [2.05, 4.69) is 240 Å². The summed E-state index contributed by atoms with van der Waals surface area (Å²) in [7, 11) is 0. The van der Waals surface area contributed by atoms with Crippen molar-refractivity contribution in [3.63, 3.8) is 0 Å². The zero-order valence-corrected chi connectivity index (χ0v) is 33.2. The molecule has 0 atom stereocenters. The van der Waals surface area contributed by atoms with Gasteiger partial charge in [-0.25, -0.2) is 0 Å². The van der Waals surface area contributed by atoms with Crippen LogP contribution in [0.15, 0.2) is 235 Å². The van der Waals surface area contributed by atoms with Crippen LogP contribution in [-0.2, 0) is 0 Å². The van der Waals surface area contributed by atoms with Crippen LogP contribution in [0.25, 0.3) is 93.6 Å². The van der Waals surface area contributed by atoms with E-state index in [0.29, 0.717) is 0 Å². The van der Waals surface area contributed by atoms with E-state index >= 15 is 0 Å². The molecule has 0 amide bonds. The van der Waals surface area contributed by atoms with Crippen LogP contribution in [-0.4, -0.2) is 4.57 Å². The Morgan fingerprint density at radius 2 is 0.934 bits per heavy atom. The highest BCUT2D eigenvalue weighted by molar-refractivity contribution is 6.27. The van der Waals surface area contributed by atoms with Gasteiger partial charge in [-0.3, -0.25) is 0 Å². The van der Waals surface area contributed by atoms with Crippen molar-refractivity contribution in [3.8, 4) is 39.1 Å². The van der Waals surface area contributed by atoms with Gasteiger partial charge < -0.3 is 13.9 Å². The molecule has 0 aliphatic heterocycles. The van der Waals surface area contributed by atoms with E-state index in [4.69, 9.17) is 4.42 Å². The topological polar surface area (TPSA) is 21.3 Å². The van der Waals surface area contributed by atoms with Gasteiger partial charge in [-0.2, -0.15) is 0 Å². The second-order valence-corrected chi connectivity index (χ2v) is 15.6. The van der Waals surface area contributed by atoms with Crippen LogP contribution < -0.4 is 4.90 Å². The lowest BCUT2D eigenvalue weighted by Gasteiger charge is -2.27. The molecule has 0 N–H and O–H groups in total. The number of nitrogens with zero attached hydrogens (tertiary/aromatic N) is 2. The van der Waals surface area contributed by atoms with Crippen LogP contribution in [0.4, 0.5) is 17.1 Å². The number of anilines is 3. The zero-order valence-electron chi connectivity index (χ0n) is 33.2. The van der Waals surface area contributed by atoms with E-state index in [-0.39, 0.29) is 0 Å². The summed E-state index contributed by atoms with van der Waals surface area (Å²) < 4.78 is 9.42. The van der Waals surface area contributed by atoms with Gasteiger partial charge in [0, 0.05) is 38.8 Å². The highest BCUT2D eigenvalue weighted by Crippen LogP contribution is 2.48. The highest BCUT2D eigenvalue weighted by atomic mass is 16.3. The summed E-state index contributed by atoms with van der Waals surface area (Å²) in [6, 6.07) is 82.7. The van der Waals surface area contributed by atoms with Crippen molar-refractivity contribution in [3.05, 3.63) is 231 Å². The molecule has 0 fully saturated rings. The van der Waals surface area contributed by atoms with Crippen molar-refractivity contribution in [2.75, 3.05) is 4.90 Å². The van der Waals surface area contributed by atoms with E-state index in [0.717, 1.165) is 66.8 Å². The van der Waals surface area contributed by atoms with E-state index in [1.54, 1.807) is 0 Å². The first kappa shape index (κ1) is 34.9. The molecule has 0 bridgehead atoms. The molecule has 3 heteroatoms. The Labute approximate surface area is 353 Å². The average Bonchev–Trinajstić information content (AvgIpc) is 3.89. The molecule has 0 spiro atoms. The van der Waals surface area contributed by atoms with Crippen molar-refractivity contribution in [1.82, 2.24) is 4.57 Å². The predicted octanol–water partition coefficient (Wildman–Crippen LogP) is 16.3. The Balaban J connectivity index is 1.12. The summed E-state index contributed by atoms with van der Waals surface area (Å²) in [5.41, 5.74) is 15.4. The van der Waals surface area contributed by atoms with Gasteiger partial charge in [-0.05, 0) is 99.3 Å². The minimum atomic E-state index is 0.844. The first-order valence-corrected chi connectivity index (χ1v) is 20.8. The van der Waals surface area contributed by atoms with Gasteiger partial charge in [0.1, 0.15) is 11.2 Å².